The molecular formula is C11H12ClFN2. The van der Waals surface area contributed by atoms with E-state index in [1.54, 1.807) is 6.07 Å². The van der Waals surface area contributed by atoms with Crippen LogP contribution in [0.5, 0.6) is 0 Å². The molecule has 15 heavy (non-hydrogen) atoms. The van der Waals surface area contributed by atoms with Gasteiger partial charge in [-0.2, -0.15) is 0 Å². The minimum atomic E-state index is -0.395. The quantitative estimate of drug-likeness (QED) is 0.839. The highest BCUT2D eigenvalue weighted by atomic mass is 35.5. The van der Waals surface area contributed by atoms with Crippen molar-refractivity contribution in [3.8, 4) is 0 Å². The normalized spacial score (nSPS) is 13.3. The van der Waals surface area contributed by atoms with Crippen LogP contribution in [-0.2, 0) is 6.54 Å². The third-order valence-corrected chi connectivity index (χ3v) is 2.67. The van der Waals surface area contributed by atoms with Crippen LogP contribution in [-0.4, -0.2) is 10.6 Å². The summed E-state index contributed by atoms with van der Waals surface area (Å²) in [7, 11) is 0. The van der Waals surface area contributed by atoms with Gasteiger partial charge in [0.15, 0.2) is 0 Å². The number of nitrogens with two attached hydrogens (primary N) is 1. The highest BCUT2D eigenvalue weighted by Crippen LogP contribution is 2.27. The van der Waals surface area contributed by atoms with E-state index in [1.165, 1.54) is 6.07 Å². The largest absolute Gasteiger partial charge is 0.345 e. The zero-order chi connectivity index (χ0) is 11.0. The summed E-state index contributed by atoms with van der Waals surface area (Å²) in [5, 5.41) is 1.10. The number of rotatable bonds is 2. The highest BCUT2D eigenvalue weighted by Gasteiger charge is 2.10. The Morgan fingerprint density at radius 3 is 2.87 bits per heavy atom. The lowest BCUT2D eigenvalue weighted by atomic mass is 10.2. The lowest BCUT2D eigenvalue weighted by molar-refractivity contribution is 0.600. The van der Waals surface area contributed by atoms with Crippen molar-refractivity contribution in [3.05, 3.63) is 35.2 Å². The first-order chi connectivity index (χ1) is 7.09. The molecule has 0 aliphatic carbocycles. The second kappa shape index (κ2) is 3.83. The molecule has 1 heterocycles. The molecule has 0 saturated heterocycles. The molecule has 0 amide bonds. The molecule has 2 rings (SSSR count). The Bertz CT molecular complexity index is 491. The minimum absolute atomic E-state index is 0.0138. The monoisotopic (exact) mass is 226 g/mol. The fourth-order valence-corrected chi connectivity index (χ4v) is 1.97. The second-order valence-corrected chi connectivity index (χ2v) is 4.12. The molecule has 1 atom stereocenters. The van der Waals surface area contributed by atoms with Gasteiger partial charge in [0, 0.05) is 24.2 Å². The van der Waals surface area contributed by atoms with Crippen molar-refractivity contribution in [2.75, 3.05) is 0 Å². The van der Waals surface area contributed by atoms with Gasteiger partial charge in [0.2, 0.25) is 0 Å². The van der Waals surface area contributed by atoms with Crippen LogP contribution in [0.15, 0.2) is 24.4 Å². The summed E-state index contributed by atoms with van der Waals surface area (Å²) in [6, 6.07) is 5.01. The number of nitrogens with zero attached hydrogens (tertiary/aromatic N) is 1. The third kappa shape index (κ3) is 1.85. The lowest BCUT2D eigenvalue weighted by Crippen LogP contribution is -2.21. The molecule has 2 nitrogen and oxygen atoms in total. The van der Waals surface area contributed by atoms with E-state index in [-0.39, 0.29) is 11.1 Å². The van der Waals surface area contributed by atoms with Crippen LogP contribution in [0.3, 0.4) is 0 Å². The maximum Gasteiger partial charge on any atom is 0.143 e. The standard InChI is InChI=1S/C11H12ClFN2/c1-7(14)6-15-5-4-8-2-3-9(13)10(12)11(8)15/h2-5,7H,6,14H2,1H3. The lowest BCUT2D eigenvalue weighted by Gasteiger charge is -2.09. The van der Waals surface area contributed by atoms with Crippen LogP contribution in [0, 0.1) is 5.82 Å². The molecule has 2 aromatic rings. The molecule has 0 spiro atoms. The Hall–Kier alpha value is -1.06. The van der Waals surface area contributed by atoms with Crippen molar-refractivity contribution in [1.82, 2.24) is 4.57 Å². The molecule has 0 radical (unpaired) electrons. The summed E-state index contributed by atoms with van der Waals surface area (Å²) in [4.78, 5) is 0. The summed E-state index contributed by atoms with van der Waals surface area (Å²) < 4.78 is 15.1. The van der Waals surface area contributed by atoms with Gasteiger partial charge in [-0.25, -0.2) is 4.39 Å². The topological polar surface area (TPSA) is 30.9 Å². The van der Waals surface area contributed by atoms with E-state index in [0.29, 0.717) is 12.1 Å². The van der Waals surface area contributed by atoms with Gasteiger partial charge in [-0.05, 0) is 25.1 Å². The number of benzene rings is 1. The van der Waals surface area contributed by atoms with Gasteiger partial charge in [0.1, 0.15) is 10.8 Å². The number of hydrogen-bond donors (Lipinski definition) is 1. The van der Waals surface area contributed by atoms with Crippen molar-refractivity contribution < 1.29 is 4.39 Å². The Morgan fingerprint density at radius 1 is 1.47 bits per heavy atom. The predicted molar refractivity (Wildman–Crippen MR) is 60.6 cm³/mol. The molecule has 0 bridgehead atoms. The molecule has 0 aliphatic rings. The van der Waals surface area contributed by atoms with Crippen LogP contribution in [0.4, 0.5) is 4.39 Å². The van der Waals surface area contributed by atoms with E-state index >= 15 is 0 Å². The average molecular weight is 227 g/mol. The zero-order valence-electron chi connectivity index (χ0n) is 8.37. The number of aromatic nitrogens is 1. The summed E-state index contributed by atoms with van der Waals surface area (Å²) in [6.45, 7) is 2.53. The summed E-state index contributed by atoms with van der Waals surface area (Å²) >= 11 is 5.92. The Labute approximate surface area is 92.4 Å². The molecule has 0 aliphatic heterocycles. The predicted octanol–water partition coefficient (Wildman–Crippen LogP) is 2.78. The number of halogens is 2. The van der Waals surface area contributed by atoms with Crippen molar-refractivity contribution in [2.24, 2.45) is 5.73 Å². The van der Waals surface area contributed by atoms with E-state index in [9.17, 15) is 4.39 Å². The van der Waals surface area contributed by atoms with Crippen LogP contribution in [0.2, 0.25) is 5.02 Å². The highest BCUT2D eigenvalue weighted by molar-refractivity contribution is 6.35. The third-order valence-electron chi connectivity index (χ3n) is 2.31. The molecule has 80 valence electrons. The first kappa shape index (κ1) is 10.5. The molecular weight excluding hydrogens is 215 g/mol. The van der Waals surface area contributed by atoms with E-state index in [4.69, 9.17) is 17.3 Å². The summed E-state index contributed by atoms with van der Waals surface area (Å²) in [5.41, 5.74) is 6.42. The van der Waals surface area contributed by atoms with Crippen LogP contribution >= 0.6 is 11.6 Å². The fraction of sp³-hybridized carbons (Fsp3) is 0.273. The van der Waals surface area contributed by atoms with Crippen molar-refractivity contribution in [2.45, 2.75) is 19.5 Å². The smallest absolute Gasteiger partial charge is 0.143 e. The Kier molecular flexibility index (Phi) is 2.67. The SMILES string of the molecule is CC(N)Cn1ccc2ccc(F)c(Cl)c21. The molecule has 1 aromatic carbocycles. The maximum absolute atomic E-state index is 13.3. The second-order valence-electron chi connectivity index (χ2n) is 3.74. The van der Waals surface area contributed by atoms with Gasteiger partial charge in [0.25, 0.3) is 0 Å². The summed E-state index contributed by atoms with van der Waals surface area (Å²) in [5.74, 6) is -0.395. The van der Waals surface area contributed by atoms with E-state index in [1.807, 2.05) is 23.8 Å². The van der Waals surface area contributed by atoms with Gasteiger partial charge in [-0.15, -0.1) is 0 Å². The minimum Gasteiger partial charge on any atom is -0.345 e. The fourth-order valence-electron chi connectivity index (χ4n) is 1.69. The molecule has 2 N–H and O–H groups in total. The summed E-state index contributed by atoms with van der Waals surface area (Å²) in [6.07, 6.45) is 1.87. The molecule has 4 heteroatoms. The zero-order valence-corrected chi connectivity index (χ0v) is 9.13. The molecule has 1 unspecified atom stereocenters. The van der Waals surface area contributed by atoms with Gasteiger partial charge in [-0.3, -0.25) is 0 Å². The molecule has 0 saturated carbocycles. The maximum atomic E-state index is 13.3. The van der Waals surface area contributed by atoms with Gasteiger partial charge < -0.3 is 10.3 Å². The van der Waals surface area contributed by atoms with Crippen molar-refractivity contribution >= 4 is 22.5 Å². The van der Waals surface area contributed by atoms with E-state index in [2.05, 4.69) is 0 Å². The van der Waals surface area contributed by atoms with Crippen molar-refractivity contribution in [1.29, 1.82) is 0 Å². The van der Waals surface area contributed by atoms with Crippen LogP contribution < -0.4 is 5.73 Å². The number of fused-ring (bicyclic) bond motifs is 1. The first-order valence-corrected chi connectivity index (χ1v) is 5.16. The van der Waals surface area contributed by atoms with E-state index < -0.39 is 5.82 Å². The Morgan fingerprint density at radius 2 is 2.20 bits per heavy atom. The van der Waals surface area contributed by atoms with Gasteiger partial charge >= 0.3 is 0 Å². The number of hydrogen-bond acceptors (Lipinski definition) is 1. The van der Waals surface area contributed by atoms with Crippen molar-refractivity contribution in [3.63, 3.8) is 0 Å². The first-order valence-electron chi connectivity index (χ1n) is 4.78. The van der Waals surface area contributed by atoms with Crippen LogP contribution in [0.1, 0.15) is 6.92 Å². The van der Waals surface area contributed by atoms with Crippen LogP contribution in [0.25, 0.3) is 10.9 Å². The van der Waals surface area contributed by atoms with Gasteiger partial charge in [0.05, 0.1) is 5.52 Å². The molecule has 0 fully saturated rings. The molecule has 1 aromatic heterocycles. The van der Waals surface area contributed by atoms with Gasteiger partial charge in [-0.1, -0.05) is 11.6 Å². The Balaban J connectivity index is 2.61. The van der Waals surface area contributed by atoms with E-state index in [0.717, 1.165) is 5.39 Å². The average Bonchev–Trinajstić information content (AvgIpc) is 2.55.